The molecule has 1 aliphatic heterocycles. The van der Waals surface area contributed by atoms with Gasteiger partial charge in [0.1, 0.15) is 0 Å². The molecule has 1 heteroatoms. The van der Waals surface area contributed by atoms with Gasteiger partial charge in [-0.1, -0.05) is 36.8 Å². The minimum absolute atomic E-state index is 1.21. The molecule has 0 saturated carbocycles. The zero-order valence-electron chi connectivity index (χ0n) is 13.1. The van der Waals surface area contributed by atoms with Gasteiger partial charge in [0.25, 0.3) is 0 Å². The summed E-state index contributed by atoms with van der Waals surface area (Å²) in [6.45, 7) is 10.3. The maximum atomic E-state index is 2.49. The predicted octanol–water partition coefficient (Wildman–Crippen LogP) is 5.29. The quantitative estimate of drug-likeness (QED) is 0.563. The van der Waals surface area contributed by atoms with E-state index in [-0.39, 0.29) is 0 Å². The molecular formula is C17H31N. The molecule has 0 unspecified atom stereocenters. The standard InChI is InChI=1S/C17H31N/c1-14(2)16-12-10-8-6-7-9-11-13-18(5)17(16)15(3)4/h6-13H2,1-5H3. The zero-order valence-corrected chi connectivity index (χ0v) is 13.1. The van der Waals surface area contributed by atoms with E-state index in [4.69, 9.17) is 0 Å². The minimum Gasteiger partial charge on any atom is -0.374 e. The molecule has 0 aliphatic carbocycles. The number of rotatable bonds is 0. The van der Waals surface area contributed by atoms with Gasteiger partial charge in [0.05, 0.1) is 0 Å². The van der Waals surface area contributed by atoms with E-state index in [1.807, 2.05) is 0 Å². The highest BCUT2D eigenvalue weighted by atomic mass is 15.1. The van der Waals surface area contributed by atoms with Crippen LogP contribution in [0.25, 0.3) is 0 Å². The van der Waals surface area contributed by atoms with Gasteiger partial charge in [-0.3, -0.25) is 0 Å². The maximum absolute atomic E-state index is 2.49. The smallest absolute Gasteiger partial charge is 0.0381 e. The van der Waals surface area contributed by atoms with Crippen LogP contribution in [0.2, 0.25) is 0 Å². The van der Waals surface area contributed by atoms with Gasteiger partial charge in [0.2, 0.25) is 0 Å². The lowest BCUT2D eigenvalue weighted by atomic mass is 9.96. The molecular weight excluding hydrogens is 218 g/mol. The molecule has 1 fully saturated rings. The molecule has 1 saturated heterocycles. The Morgan fingerprint density at radius 2 is 1.33 bits per heavy atom. The van der Waals surface area contributed by atoms with E-state index < -0.39 is 0 Å². The van der Waals surface area contributed by atoms with E-state index in [1.54, 1.807) is 5.57 Å². The molecule has 1 aliphatic rings. The van der Waals surface area contributed by atoms with Crippen molar-refractivity contribution < 1.29 is 0 Å². The van der Waals surface area contributed by atoms with Gasteiger partial charge in [-0.2, -0.15) is 0 Å². The average molecular weight is 249 g/mol. The second-order valence-corrected chi connectivity index (χ2v) is 6.12. The normalized spacial score (nSPS) is 19.5. The van der Waals surface area contributed by atoms with Crippen LogP contribution in [0.15, 0.2) is 22.4 Å². The van der Waals surface area contributed by atoms with Crippen LogP contribution in [-0.4, -0.2) is 18.5 Å². The molecule has 1 nitrogen and oxygen atoms in total. The molecule has 0 amide bonds. The molecule has 0 radical (unpaired) electrons. The first-order valence-corrected chi connectivity index (χ1v) is 7.59. The fourth-order valence-electron chi connectivity index (χ4n) is 2.99. The second-order valence-electron chi connectivity index (χ2n) is 6.12. The van der Waals surface area contributed by atoms with Crippen molar-refractivity contribution in [2.24, 2.45) is 0 Å². The van der Waals surface area contributed by atoms with Crippen molar-refractivity contribution in [3.05, 3.63) is 22.4 Å². The minimum atomic E-state index is 1.21. The first kappa shape index (κ1) is 15.3. The summed E-state index contributed by atoms with van der Waals surface area (Å²) in [7, 11) is 2.27. The summed E-state index contributed by atoms with van der Waals surface area (Å²) in [5.41, 5.74) is 6.07. The van der Waals surface area contributed by atoms with Crippen LogP contribution in [-0.2, 0) is 0 Å². The van der Waals surface area contributed by atoms with Gasteiger partial charge < -0.3 is 4.90 Å². The summed E-state index contributed by atoms with van der Waals surface area (Å²) in [5.74, 6) is 0. The van der Waals surface area contributed by atoms with Gasteiger partial charge >= 0.3 is 0 Å². The monoisotopic (exact) mass is 249 g/mol. The third kappa shape index (κ3) is 4.51. The fourth-order valence-corrected chi connectivity index (χ4v) is 2.99. The highest BCUT2D eigenvalue weighted by molar-refractivity contribution is 5.35. The molecule has 0 spiro atoms. The first-order valence-electron chi connectivity index (χ1n) is 7.59. The zero-order chi connectivity index (χ0) is 13.5. The summed E-state index contributed by atoms with van der Waals surface area (Å²) < 4.78 is 0. The SMILES string of the molecule is CC(C)=C1CCCCCCCCN(C)C1=C(C)C. The first-order chi connectivity index (χ1) is 8.54. The third-order valence-corrected chi connectivity index (χ3v) is 3.92. The van der Waals surface area contributed by atoms with Crippen molar-refractivity contribution in [2.75, 3.05) is 13.6 Å². The number of nitrogens with zero attached hydrogens (tertiary/aromatic N) is 1. The van der Waals surface area contributed by atoms with Crippen LogP contribution in [0.1, 0.15) is 72.6 Å². The van der Waals surface area contributed by atoms with Gasteiger partial charge in [-0.15, -0.1) is 0 Å². The summed E-state index contributed by atoms with van der Waals surface area (Å²) >= 11 is 0. The molecule has 0 aromatic heterocycles. The van der Waals surface area contributed by atoms with Crippen molar-refractivity contribution in [3.8, 4) is 0 Å². The molecule has 0 N–H and O–H groups in total. The Hall–Kier alpha value is -0.720. The summed E-state index contributed by atoms with van der Waals surface area (Å²) in [6.07, 6.45) is 9.58. The number of hydrogen-bond donors (Lipinski definition) is 0. The number of allylic oxidation sites excluding steroid dienone is 3. The van der Waals surface area contributed by atoms with Crippen molar-refractivity contribution in [1.82, 2.24) is 4.90 Å². The lowest BCUT2D eigenvalue weighted by molar-refractivity contribution is 0.400. The fraction of sp³-hybridized carbons (Fsp3) is 0.765. The van der Waals surface area contributed by atoms with Crippen molar-refractivity contribution in [2.45, 2.75) is 72.6 Å². The second kappa shape index (κ2) is 7.66. The Morgan fingerprint density at radius 3 is 1.89 bits per heavy atom. The molecule has 1 heterocycles. The molecule has 0 aromatic rings. The lowest BCUT2D eigenvalue weighted by Crippen LogP contribution is -2.22. The van der Waals surface area contributed by atoms with E-state index in [2.05, 4.69) is 39.6 Å². The average Bonchev–Trinajstić information content (AvgIpc) is 2.32. The summed E-state index contributed by atoms with van der Waals surface area (Å²) in [5, 5.41) is 0. The molecule has 0 atom stereocenters. The van der Waals surface area contributed by atoms with Crippen molar-refractivity contribution in [3.63, 3.8) is 0 Å². The lowest BCUT2D eigenvalue weighted by Gasteiger charge is -2.27. The van der Waals surface area contributed by atoms with E-state index in [0.29, 0.717) is 0 Å². The summed E-state index contributed by atoms with van der Waals surface area (Å²) in [6, 6.07) is 0. The Morgan fingerprint density at radius 1 is 0.778 bits per heavy atom. The molecule has 0 aromatic carbocycles. The maximum Gasteiger partial charge on any atom is 0.0381 e. The molecule has 0 bridgehead atoms. The van der Waals surface area contributed by atoms with Crippen LogP contribution in [0.5, 0.6) is 0 Å². The van der Waals surface area contributed by atoms with E-state index >= 15 is 0 Å². The van der Waals surface area contributed by atoms with E-state index in [9.17, 15) is 0 Å². The van der Waals surface area contributed by atoms with Gasteiger partial charge in [0.15, 0.2) is 0 Å². The van der Waals surface area contributed by atoms with E-state index in [1.165, 1.54) is 68.3 Å². The van der Waals surface area contributed by atoms with Crippen molar-refractivity contribution in [1.29, 1.82) is 0 Å². The van der Waals surface area contributed by atoms with Crippen molar-refractivity contribution >= 4 is 0 Å². The highest BCUT2D eigenvalue weighted by Gasteiger charge is 2.14. The van der Waals surface area contributed by atoms with Crippen LogP contribution >= 0.6 is 0 Å². The Bertz CT molecular complexity index is 315. The molecule has 18 heavy (non-hydrogen) atoms. The predicted molar refractivity (Wildman–Crippen MR) is 81.7 cm³/mol. The Labute approximate surface area is 114 Å². The van der Waals surface area contributed by atoms with Crippen LogP contribution in [0.4, 0.5) is 0 Å². The Kier molecular flexibility index (Phi) is 6.52. The highest BCUT2D eigenvalue weighted by Crippen LogP contribution is 2.28. The largest absolute Gasteiger partial charge is 0.374 e. The van der Waals surface area contributed by atoms with Crippen LogP contribution < -0.4 is 0 Å². The van der Waals surface area contributed by atoms with E-state index in [0.717, 1.165) is 0 Å². The van der Waals surface area contributed by atoms with Crippen LogP contribution in [0.3, 0.4) is 0 Å². The number of likely N-dealkylation sites (N-methyl/N-ethyl adjacent to an activating group) is 1. The topological polar surface area (TPSA) is 3.24 Å². The third-order valence-electron chi connectivity index (χ3n) is 3.92. The van der Waals surface area contributed by atoms with Crippen LogP contribution in [0, 0.1) is 0 Å². The summed E-state index contributed by atoms with van der Waals surface area (Å²) in [4.78, 5) is 2.49. The van der Waals surface area contributed by atoms with Gasteiger partial charge in [-0.25, -0.2) is 0 Å². The number of hydrogen-bond acceptors (Lipinski definition) is 1. The molecule has 104 valence electrons. The Balaban J connectivity index is 3.00. The van der Waals surface area contributed by atoms with Gasteiger partial charge in [-0.05, 0) is 52.5 Å². The van der Waals surface area contributed by atoms with Gasteiger partial charge in [0, 0.05) is 19.3 Å². The molecule has 1 rings (SSSR count).